The average molecular weight is 610 g/mol. The number of anilines is 1. The van der Waals surface area contributed by atoms with Crippen LogP contribution in [-0.4, -0.2) is 74.0 Å². The summed E-state index contributed by atoms with van der Waals surface area (Å²) in [5.74, 6) is -0.292. The van der Waals surface area contributed by atoms with Crippen molar-refractivity contribution in [3.63, 3.8) is 0 Å². The van der Waals surface area contributed by atoms with Crippen molar-refractivity contribution in [2.45, 2.75) is 51.9 Å². The van der Waals surface area contributed by atoms with E-state index in [9.17, 15) is 32.6 Å². The number of hydrogen-bond acceptors (Lipinski definition) is 8. The lowest BCUT2D eigenvalue weighted by Gasteiger charge is -2.21. The number of fused-ring (bicyclic) bond motifs is 1. The Labute approximate surface area is 250 Å². The maximum atomic E-state index is 12.0. The van der Waals surface area contributed by atoms with Gasteiger partial charge in [0.05, 0.1) is 18.2 Å². The van der Waals surface area contributed by atoms with E-state index in [0.29, 0.717) is 57.8 Å². The van der Waals surface area contributed by atoms with Crippen molar-refractivity contribution in [2.75, 3.05) is 38.0 Å². The summed E-state index contributed by atoms with van der Waals surface area (Å²) in [4.78, 5) is 35.0. The number of benzene rings is 2. The molecule has 0 bridgehead atoms. The first-order valence-electron chi connectivity index (χ1n) is 13.9. The monoisotopic (exact) mass is 610 g/mol. The second-order valence-electron chi connectivity index (χ2n) is 9.39. The number of carbonyl (C=O) groups excluding carboxylic acids is 3. The highest BCUT2D eigenvalue weighted by atomic mass is 19.4. The van der Waals surface area contributed by atoms with Gasteiger partial charge in [0.15, 0.2) is 0 Å². The third kappa shape index (κ3) is 13.6. The zero-order valence-electron chi connectivity index (χ0n) is 24.5. The number of aryl methyl sites for hydroxylation is 1. The van der Waals surface area contributed by atoms with E-state index >= 15 is 0 Å². The molecule has 1 heterocycles. The number of alkyl halides is 3. The van der Waals surface area contributed by atoms with E-state index in [1.54, 1.807) is 23.1 Å². The van der Waals surface area contributed by atoms with Gasteiger partial charge in [-0.15, -0.1) is 0 Å². The van der Waals surface area contributed by atoms with Gasteiger partial charge in [-0.3, -0.25) is 14.4 Å². The van der Waals surface area contributed by atoms with Gasteiger partial charge in [0, 0.05) is 44.8 Å². The highest BCUT2D eigenvalue weighted by molar-refractivity contribution is 6.61. The minimum Gasteiger partial charge on any atom is -0.423 e. The highest BCUT2D eigenvalue weighted by Crippen LogP contribution is 2.29. The summed E-state index contributed by atoms with van der Waals surface area (Å²) in [6, 6.07) is 9.85. The smallest absolute Gasteiger partial charge is 0.423 e. The van der Waals surface area contributed by atoms with Crippen LogP contribution in [0, 0.1) is 0 Å². The van der Waals surface area contributed by atoms with Crippen molar-refractivity contribution < 1.29 is 37.2 Å². The summed E-state index contributed by atoms with van der Waals surface area (Å²) in [6.45, 7) is 6.40. The molecule has 9 N–H and O–H groups in total. The minimum absolute atomic E-state index is 0.0642. The molecule has 0 spiro atoms. The second kappa shape index (κ2) is 19.6. The maximum Gasteiger partial charge on any atom is 0.491 e. The minimum atomic E-state index is -4.22. The summed E-state index contributed by atoms with van der Waals surface area (Å²) in [5.41, 5.74) is 19.2. The van der Waals surface area contributed by atoms with Crippen LogP contribution >= 0.6 is 0 Å². The van der Waals surface area contributed by atoms with E-state index in [0.717, 1.165) is 35.1 Å². The summed E-state index contributed by atoms with van der Waals surface area (Å²) >= 11 is 0. The molecule has 0 fully saturated rings. The summed E-state index contributed by atoms with van der Waals surface area (Å²) < 4.78 is 41.1. The normalized spacial score (nSPS) is 12.5. The predicted molar refractivity (Wildman–Crippen MR) is 160 cm³/mol. The molecule has 1 aliphatic heterocycles. The van der Waals surface area contributed by atoms with Gasteiger partial charge in [-0.2, -0.15) is 13.2 Å². The molecule has 1 unspecified atom stereocenters. The number of rotatable bonds is 12. The lowest BCUT2D eigenvalue weighted by molar-refractivity contribution is -0.137. The highest BCUT2D eigenvalue weighted by Gasteiger charge is 2.30. The quantitative estimate of drug-likeness (QED) is 0.150. The molecule has 2 aromatic carbocycles. The zero-order valence-corrected chi connectivity index (χ0v) is 24.5. The Morgan fingerprint density at radius 1 is 1.12 bits per heavy atom. The van der Waals surface area contributed by atoms with Crippen molar-refractivity contribution in [1.29, 1.82) is 0 Å². The number of likely N-dealkylation sites (N-methyl/N-ethyl adjacent to an activating group) is 1. The lowest BCUT2D eigenvalue weighted by Crippen LogP contribution is -2.43. The summed E-state index contributed by atoms with van der Waals surface area (Å²) in [5, 5.41) is 14.4. The van der Waals surface area contributed by atoms with Crippen molar-refractivity contribution in [3.05, 3.63) is 59.2 Å². The van der Waals surface area contributed by atoms with E-state index in [2.05, 4.69) is 10.6 Å². The van der Waals surface area contributed by atoms with Crippen molar-refractivity contribution in [1.82, 2.24) is 10.2 Å². The van der Waals surface area contributed by atoms with Gasteiger partial charge in [-0.25, -0.2) is 0 Å². The van der Waals surface area contributed by atoms with E-state index in [4.69, 9.17) is 21.9 Å². The number of nitrogens with zero attached hydrogens (tertiary/aromatic N) is 1. The Bertz CT molecular complexity index is 1130. The fourth-order valence-corrected chi connectivity index (χ4v) is 3.86. The van der Waals surface area contributed by atoms with Crippen LogP contribution in [-0.2, 0) is 38.2 Å². The summed E-state index contributed by atoms with van der Waals surface area (Å²) in [7, 11) is -0.819. The van der Waals surface area contributed by atoms with Gasteiger partial charge in [-0.1, -0.05) is 25.1 Å². The van der Waals surface area contributed by atoms with Crippen LogP contribution in [0.3, 0.4) is 0 Å². The fourth-order valence-electron chi connectivity index (χ4n) is 3.86. The Kier molecular flexibility index (Phi) is 17.1. The first-order valence-corrected chi connectivity index (χ1v) is 13.9. The van der Waals surface area contributed by atoms with Crippen molar-refractivity contribution in [3.8, 4) is 0 Å². The van der Waals surface area contributed by atoms with E-state index < -0.39 is 24.9 Å². The molecule has 3 rings (SSSR count). The molecular formula is C28H42BF3N6O5. The molecule has 15 heteroatoms. The van der Waals surface area contributed by atoms with Crippen LogP contribution in [0.5, 0.6) is 0 Å². The number of hydrogen-bond donors (Lipinski definition) is 6. The molecule has 2 aromatic rings. The van der Waals surface area contributed by atoms with Gasteiger partial charge in [-0.05, 0) is 60.6 Å². The molecule has 0 saturated carbocycles. The lowest BCUT2D eigenvalue weighted by atomic mass is 9.79. The zero-order chi connectivity index (χ0) is 32.4. The van der Waals surface area contributed by atoms with Crippen LogP contribution < -0.4 is 33.3 Å². The van der Waals surface area contributed by atoms with Crippen molar-refractivity contribution in [2.24, 2.45) is 17.2 Å². The second-order valence-corrected chi connectivity index (χ2v) is 9.39. The van der Waals surface area contributed by atoms with Gasteiger partial charge in [0.1, 0.15) is 0 Å². The molecular weight excluding hydrogens is 568 g/mol. The molecule has 0 saturated heterocycles. The van der Waals surface area contributed by atoms with E-state index in [1.165, 1.54) is 12.1 Å². The number of carbonyl (C=O) groups is 3. The van der Waals surface area contributed by atoms with Crippen LogP contribution in [0.2, 0.25) is 0 Å². The van der Waals surface area contributed by atoms with Gasteiger partial charge >= 0.3 is 13.3 Å². The molecule has 3 amide bonds. The average Bonchev–Trinajstić information content (AvgIpc) is 3.35. The topological polar surface area (TPSA) is 186 Å². The Hall–Kier alpha value is -3.50. The third-order valence-corrected chi connectivity index (χ3v) is 6.23. The first kappa shape index (κ1) is 37.5. The molecule has 0 aromatic heterocycles. The Morgan fingerprint density at radius 3 is 2.26 bits per heavy atom. The first-order chi connectivity index (χ1) is 20.4. The predicted octanol–water partition coefficient (Wildman–Crippen LogP) is 0.716. The van der Waals surface area contributed by atoms with Crippen LogP contribution in [0.4, 0.5) is 18.9 Å². The molecule has 43 heavy (non-hydrogen) atoms. The third-order valence-electron chi connectivity index (χ3n) is 6.23. The van der Waals surface area contributed by atoms with Crippen LogP contribution in [0.25, 0.3) is 0 Å². The standard InChI is InChI=1S/C11H25N5O2.C9H9F3.C8H8BNO3/c1-2-15-11(18)9(14)3-4-10(17)16(7-5-12)8-6-13;1-2-7-3-5-8(6-4-7)9(10,11)12;11-5-10-7-1-2-8-6(3-7)4-13-9(8)12/h9H,2-8,12-14H2,1H3,(H,15,18);3-6H,2H2,1H3;1-3,5,12H,4H2,(H,10,11). The summed E-state index contributed by atoms with van der Waals surface area (Å²) in [6.07, 6.45) is -2.27. The van der Waals surface area contributed by atoms with E-state index in [-0.39, 0.29) is 18.2 Å². The molecule has 1 atom stereocenters. The maximum absolute atomic E-state index is 12.0. The number of amides is 3. The van der Waals surface area contributed by atoms with E-state index in [1.807, 2.05) is 13.8 Å². The van der Waals surface area contributed by atoms with Crippen LogP contribution in [0.1, 0.15) is 43.4 Å². The Morgan fingerprint density at radius 2 is 1.74 bits per heavy atom. The fraction of sp³-hybridized carbons (Fsp3) is 0.464. The Balaban J connectivity index is 0.000000330. The molecule has 1 aliphatic rings. The van der Waals surface area contributed by atoms with Gasteiger partial charge in [0.2, 0.25) is 18.2 Å². The SMILES string of the molecule is CCNC(=O)C(N)CCC(=O)N(CCN)CCN.CCc1ccc(C(F)(F)F)cc1.O=CNc1ccc2c(c1)COB2O. The van der Waals surface area contributed by atoms with Gasteiger partial charge < -0.3 is 42.4 Å². The van der Waals surface area contributed by atoms with Crippen molar-refractivity contribution >= 4 is 36.5 Å². The van der Waals surface area contributed by atoms with Crippen LogP contribution in [0.15, 0.2) is 42.5 Å². The molecule has 0 radical (unpaired) electrons. The largest absolute Gasteiger partial charge is 0.491 e. The molecule has 0 aliphatic carbocycles. The molecule has 238 valence electrons. The number of halogens is 3. The van der Waals surface area contributed by atoms with Gasteiger partial charge in [0.25, 0.3) is 0 Å². The number of nitrogens with one attached hydrogen (secondary N) is 2. The molecule has 11 nitrogen and oxygen atoms in total. The number of nitrogens with two attached hydrogens (primary N) is 3.